The summed E-state index contributed by atoms with van der Waals surface area (Å²) in [6.07, 6.45) is 1.56. The van der Waals surface area contributed by atoms with Crippen molar-refractivity contribution in [2.24, 2.45) is 5.73 Å². The van der Waals surface area contributed by atoms with Gasteiger partial charge in [-0.15, -0.1) is 0 Å². The average molecular weight is 154 g/mol. The van der Waals surface area contributed by atoms with Crippen LogP contribution in [-0.4, -0.2) is 17.1 Å². The van der Waals surface area contributed by atoms with Gasteiger partial charge in [0.15, 0.2) is 0 Å². The van der Waals surface area contributed by atoms with Crippen LogP contribution in [0.3, 0.4) is 0 Å². The van der Waals surface area contributed by atoms with Crippen molar-refractivity contribution in [3.8, 4) is 6.01 Å². The van der Waals surface area contributed by atoms with Crippen molar-refractivity contribution in [1.29, 1.82) is 0 Å². The van der Waals surface area contributed by atoms with Crippen LogP contribution in [-0.2, 0) is 6.54 Å². The van der Waals surface area contributed by atoms with Crippen molar-refractivity contribution in [2.75, 3.05) is 12.8 Å². The van der Waals surface area contributed by atoms with E-state index in [-0.39, 0.29) is 6.01 Å². The summed E-state index contributed by atoms with van der Waals surface area (Å²) in [6.45, 7) is 0.343. The molecule has 0 atom stereocenters. The van der Waals surface area contributed by atoms with Crippen molar-refractivity contribution in [3.63, 3.8) is 0 Å². The molecule has 1 aromatic rings. The van der Waals surface area contributed by atoms with E-state index in [1.54, 1.807) is 6.20 Å². The molecule has 0 saturated heterocycles. The second-order valence-corrected chi connectivity index (χ2v) is 1.97. The molecule has 0 unspecified atom stereocenters. The first-order chi connectivity index (χ1) is 5.27. The molecule has 5 heteroatoms. The van der Waals surface area contributed by atoms with Crippen molar-refractivity contribution < 1.29 is 4.74 Å². The Hall–Kier alpha value is -1.36. The number of ether oxygens (including phenoxy) is 1. The molecule has 0 aliphatic rings. The third-order valence-electron chi connectivity index (χ3n) is 1.28. The van der Waals surface area contributed by atoms with E-state index in [4.69, 9.17) is 16.2 Å². The quantitative estimate of drug-likeness (QED) is 0.601. The topological polar surface area (TPSA) is 87.0 Å². The molecule has 1 rings (SSSR count). The molecule has 0 aliphatic heterocycles. The minimum Gasteiger partial charge on any atom is -0.467 e. The number of nitrogens with two attached hydrogens (primary N) is 2. The van der Waals surface area contributed by atoms with Gasteiger partial charge in [0.2, 0.25) is 0 Å². The number of nitrogen functional groups attached to an aromatic ring is 1. The van der Waals surface area contributed by atoms with E-state index in [0.29, 0.717) is 12.4 Å². The maximum atomic E-state index is 5.50. The number of rotatable bonds is 2. The molecule has 1 heterocycles. The molecule has 0 radical (unpaired) electrons. The Morgan fingerprint density at radius 1 is 1.64 bits per heavy atom. The van der Waals surface area contributed by atoms with E-state index in [1.807, 2.05) is 0 Å². The van der Waals surface area contributed by atoms with Gasteiger partial charge in [0, 0.05) is 18.3 Å². The van der Waals surface area contributed by atoms with Gasteiger partial charge in [0.1, 0.15) is 5.82 Å². The van der Waals surface area contributed by atoms with Gasteiger partial charge >= 0.3 is 6.01 Å². The second kappa shape index (κ2) is 3.16. The third kappa shape index (κ3) is 1.56. The molecule has 4 N–H and O–H groups in total. The highest BCUT2D eigenvalue weighted by atomic mass is 16.5. The second-order valence-electron chi connectivity index (χ2n) is 1.97. The molecule has 11 heavy (non-hydrogen) atoms. The Kier molecular flexibility index (Phi) is 2.22. The lowest BCUT2D eigenvalue weighted by molar-refractivity contribution is 0.380. The molecule has 0 bridgehead atoms. The largest absolute Gasteiger partial charge is 0.467 e. The van der Waals surface area contributed by atoms with Crippen LogP contribution in [0.5, 0.6) is 6.01 Å². The van der Waals surface area contributed by atoms with Crippen LogP contribution < -0.4 is 16.2 Å². The minimum absolute atomic E-state index is 0.264. The van der Waals surface area contributed by atoms with Crippen LogP contribution in [0.2, 0.25) is 0 Å². The van der Waals surface area contributed by atoms with E-state index in [0.717, 1.165) is 5.56 Å². The van der Waals surface area contributed by atoms with Gasteiger partial charge < -0.3 is 16.2 Å². The Labute approximate surface area is 64.4 Å². The zero-order valence-electron chi connectivity index (χ0n) is 6.24. The first kappa shape index (κ1) is 7.74. The summed E-state index contributed by atoms with van der Waals surface area (Å²) in [5.41, 5.74) is 11.6. The molecule has 0 fully saturated rings. The average Bonchev–Trinajstić information content (AvgIpc) is 2.04. The molecule has 1 aromatic heterocycles. The number of hydrogen-bond donors (Lipinski definition) is 2. The Balaban J connectivity index is 2.99. The van der Waals surface area contributed by atoms with Crippen LogP contribution in [0.15, 0.2) is 6.20 Å². The van der Waals surface area contributed by atoms with Crippen molar-refractivity contribution >= 4 is 5.82 Å². The smallest absolute Gasteiger partial charge is 0.318 e. The van der Waals surface area contributed by atoms with Gasteiger partial charge in [-0.1, -0.05) is 0 Å². The molecular weight excluding hydrogens is 144 g/mol. The third-order valence-corrected chi connectivity index (χ3v) is 1.28. The SMILES string of the molecule is COc1ncc(CN)c(N)n1. The number of anilines is 1. The highest BCUT2D eigenvalue weighted by molar-refractivity contribution is 5.38. The summed E-state index contributed by atoms with van der Waals surface area (Å²) in [5.74, 6) is 0.374. The lowest BCUT2D eigenvalue weighted by atomic mass is 10.3. The van der Waals surface area contributed by atoms with E-state index in [9.17, 15) is 0 Å². The predicted molar refractivity (Wildman–Crippen MR) is 40.9 cm³/mol. The molecule has 0 aliphatic carbocycles. The van der Waals surface area contributed by atoms with Crippen LogP contribution in [0.25, 0.3) is 0 Å². The summed E-state index contributed by atoms with van der Waals surface area (Å²) < 4.78 is 4.75. The normalized spacial score (nSPS) is 9.64. The van der Waals surface area contributed by atoms with Gasteiger partial charge in [-0.25, -0.2) is 4.98 Å². The molecule has 60 valence electrons. The van der Waals surface area contributed by atoms with Gasteiger partial charge in [-0.3, -0.25) is 0 Å². The van der Waals surface area contributed by atoms with Gasteiger partial charge in [-0.05, 0) is 0 Å². The highest BCUT2D eigenvalue weighted by Gasteiger charge is 2.00. The summed E-state index contributed by atoms with van der Waals surface area (Å²) in [7, 11) is 1.48. The van der Waals surface area contributed by atoms with Crippen LogP contribution in [0.4, 0.5) is 5.82 Å². The molecule has 0 saturated carbocycles. The Morgan fingerprint density at radius 2 is 2.36 bits per heavy atom. The maximum absolute atomic E-state index is 5.50. The van der Waals surface area contributed by atoms with Gasteiger partial charge in [0.25, 0.3) is 0 Å². The number of methoxy groups -OCH3 is 1. The standard InChI is InChI=1S/C6H10N4O/c1-11-6-9-3-4(2-7)5(8)10-6/h3H,2,7H2,1H3,(H2,8,9,10). The van der Waals surface area contributed by atoms with Crippen molar-refractivity contribution in [2.45, 2.75) is 6.54 Å². The molecule has 0 aromatic carbocycles. The fraction of sp³-hybridized carbons (Fsp3) is 0.333. The lowest BCUT2D eigenvalue weighted by Gasteiger charge is -2.01. The molecule has 5 nitrogen and oxygen atoms in total. The van der Waals surface area contributed by atoms with Crippen LogP contribution in [0, 0.1) is 0 Å². The van der Waals surface area contributed by atoms with E-state index >= 15 is 0 Å². The number of hydrogen-bond acceptors (Lipinski definition) is 5. The van der Waals surface area contributed by atoms with Gasteiger partial charge in [-0.2, -0.15) is 4.98 Å². The fourth-order valence-electron chi connectivity index (χ4n) is 0.659. The van der Waals surface area contributed by atoms with Crippen LogP contribution >= 0.6 is 0 Å². The predicted octanol–water partition coefficient (Wildman–Crippen LogP) is -0.474. The van der Waals surface area contributed by atoms with Crippen molar-refractivity contribution in [1.82, 2.24) is 9.97 Å². The Bertz CT molecular complexity index is 250. The number of nitrogens with zero attached hydrogens (tertiary/aromatic N) is 2. The minimum atomic E-state index is 0.264. The monoisotopic (exact) mass is 154 g/mol. The lowest BCUT2D eigenvalue weighted by Crippen LogP contribution is -2.05. The first-order valence-corrected chi connectivity index (χ1v) is 3.13. The molecule has 0 spiro atoms. The van der Waals surface area contributed by atoms with Gasteiger partial charge in [0.05, 0.1) is 7.11 Å². The van der Waals surface area contributed by atoms with E-state index in [1.165, 1.54) is 7.11 Å². The zero-order valence-corrected chi connectivity index (χ0v) is 6.24. The molecular formula is C6H10N4O. The first-order valence-electron chi connectivity index (χ1n) is 3.13. The zero-order chi connectivity index (χ0) is 8.27. The van der Waals surface area contributed by atoms with Crippen molar-refractivity contribution in [3.05, 3.63) is 11.8 Å². The fourth-order valence-corrected chi connectivity index (χ4v) is 0.659. The number of aromatic nitrogens is 2. The summed E-state index contributed by atoms with van der Waals surface area (Å²) in [6, 6.07) is 0.264. The maximum Gasteiger partial charge on any atom is 0.318 e. The van der Waals surface area contributed by atoms with E-state index < -0.39 is 0 Å². The Morgan fingerprint density at radius 3 is 2.82 bits per heavy atom. The van der Waals surface area contributed by atoms with Crippen LogP contribution in [0.1, 0.15) is 5.56 Å². The molecule has 0 amide bonds. The summed E-state index contributed by atoms with van der Waals surface area (Å²) >= 11 is 0. The highest BCUT2D eigenvalue weighted by Crippen LogP contribution is 2.09. The summed E-state index contributed by atoms with van der Waals surface area (Å²) in [4.78, 5) is 7.66. The summed E-state index contributed by atoms with van der Waals surface area (Å²) in [5, 5.41) is 0. The van der Waals surface area contributed by atoms with E-state index in [2.05, 4.69) is 9.97 Å².